The lowest BCUT2D eigenvalue weighted by Gasteiger charge is -2.28. The van der Waals surface area contributed by atoms with Crippen LogP contribution in [0.3, 0.4) is 0 Å². The van der Waals surface area contributed by atoms with E-state index < -0.39 is 0 Å². The summed E-state index contributed by atoms with van der Waals surface area (Å²) in [6.07, 6.45) is 7.49. The second-order valence-corrected chi connectivity index (χ2v) is 6.70. The molecule has 0 aromatic heterocycles. The van der Waals surface area contributed by atoms with Crippen molar-refractivity contribution in [1.29, 1.82) is 0 Å². The summed E-state index contributed by atoms with van der Waals surface area (Å²) in [4.78, 5) is 0. The van der Waals surface area contributed by atoms with E-state index in [1.165, 1.54) is 43.2 Å². The number of nitrogens with one attached hydrogen (secondary N) is 1. The van der Waals surface area contributed by atoms with Crippen molar-refractivity contribution in [3.63, 3.8) is 0 Å². The van der Waals surface area contributed by atoms with E-state index in [9.17, 15) is 0 Å². The van der Waals surface area contributed by atoms with Gasteiger partial charge < -0.3 is 14.8 Å². The van der Waals surface area contributed by atoms with E-state index in [1.807, 2.05) is 0 Å². The molecule has 2 aliphatic carbocycles. The molecule has 1 aromatic carbocycles. The van der Waals surface area contributed by atoms with E-state index in [4.69, 9.17) is 9.47 Å². The van der Waals surface area contributed by atoms with Gasteiger partial charge in [0.1, 0.15) is 5.75 Å². The second kappa shape index (κ2) is 6.37. The summed E-state index contributed by atoms with van der Waals surface area (Å²) in [7, 11) is 3.54. The quantitative estimate of drug-likeness (QED) is 0.837. The predicted octanol–water partition coefficient (Wildman–Crippen LogP) is 2.96. The van der Waals surface area contributed by atoms with Crippen molar-refractivity contribution in [3.8, 4) is 5.75 Å². The SMILES string of the molecule is COCCC1(CNC2CCc3ccc(OC)cc3C2)CC1. The maximum Gasteiger partial charge on any atom is 0.119 e. The Balaban J connectivity index is 1.54. The van der Waals surface area contributed by atoms with Crippen LogP contribution in [0, 0.1) is 5.41 Å². The molecule has 3 heteroatoms. The van der Waals surface area contributed by atoms with Gasteiger partial charge in [-0.05, 0) is 67.2 Å². The first-order valence-electron chi connectivity index (χ1n) is 8.13. The van der Waals surface area contributed by atoms with Crippen LogP contribution in [0.25, 0.3) is 0 Å². The minimum Gasteiger partial charge on any atom is -0.497 e. The monoisotopic (exact) mass is 289 g/mol. The highest BCUT2D eigenvalue weighted by molar-refractivity contribution is 5.37. The van der Waals surface area contributed by atoms with Crippen LogP contribution in [0.1, 0.15) is 36.8 Å². The molecule has 0 heterocycles. The lowest BCUT2D eigenvalue weighted by molar-refractivity contribution is 0.170. The minimum absolute atomic E-state index is 0.532. The fraction of sp³-hybridized carbons (Fsp3) is 0.667. The first-order chi connectivity index (χ1) is 10.2. The van der Waals surface area contributed by atoms with Crippen LogP contribution in [0.5, 0.6) is 5.75 Å². The van der Waals surface area contributed by atoms with Crippen LogP contribution in [-0.4, -0.2) is 33.4 Å². The van der Waals surface area contributed by atoms with Crippen molar-refractivity contribution in [2.24, 2.45) is 5.41 Å². The number of ether oxygens (including phenoxy) is 2. The Hall–Kier alpha value is -1.06. The molecule has 1 fully saturated rings. The molecule has 0 bridgehead atoms. The van der Waals surface area contributed by atoms with Gasteiger partial charge in [0.25, 0.3) is 0 Å². The van der Waals surface area contributed by atoms with Gasteiger partial charge in [0.15, 0.2) is 0 Å². The summed E-state index contributed by atoms with van der Waals surface area (Å²) in [5, 5.41) is 3.82. The first kappa shape index (κ1) is 14.9. The molecule has 0 spiro atoms. The van der Waals surface area contributed by atoms with Gasteiger partial charge in [-0.25, -0.2) is 0 Å². The maximum atomic E-state index is 5.35. The van der Waals surface area contributed by atoms with Gasteiger partial charge in [0.05, 0.1) is 7.11 Å². The molecule has 1 N–H and O–H groups in total. The van der Waals surface area contributed by atoms with Crippen LogP contribution < -0.4 is 10.1 Å². The van der Waals surface area contributed by atoms with Gasteiger partial charge in [0.2, 0.25) is 0 Å². The van der Waals surface area contributed by atoms with E-state index >= 15 is 0 Å². The molecule has 0 amide bonds. The molecule has 0 saturated heterocycles. The topological polar surface area (TPSA) is 30.5 Å². The summed E-state index contributed by atoms with van der Waals surface area (Å²) in [6.45, 7) is 2.05. The average molecular weight is 289 g/mol. The van der Waals surface area contributed by atoms with Crippen molar-refractivity contribution in [1.82, 2.24) is 5.32 Å². The van der Waals surface area contributed by atoms with E-state index in [2.05, 4.69) is 23.5 Å². The van der Waals surface area contributed by atoms with Crippen molar-refractivity contribution >= 4 is 0 Å². The van der Waals surface area contributed by atoms with Crippen LogP contribution in [0.15, 0.2) is 18.2 Å². The second-order valence-electron chi connectivity index (χ2n) is 6.70. The van der Waals surface area contributed by atoms with Crippen LogP contribution in [0.2, 0.25) is 0 Å². The molecule has 0 radical (unpaired) electrons. The zero-order valence-electron chi connectivity index (χ0n) is 13.3. The number of benzene rings is 1. The van der Waals surface area contributed by atoms with Crippen molar-refractivity contribution < 1.29 is 9.47 Å². The number of hydrogen-bond acceptors (Lipinski definition) is 3. The van der Waals surface area contributed by atoms with Crippen LogP contribution >= 0.6 is 0 Å². The van der Waals surface area contributed by atoms with Gasteiger partial charge in [0, 0.05) is 26.3 Å². The van der Waals surface area contributed by atoms with E-state index in [0.717, 1.165) is 25.3 Å². The van der Waals surface area contributed by atoms with E-state index in [1.54, 1.807) is 14.2 Å². The largest absolute Gasteiger partial charge is 0.497 e. The Labute approximate surface area is 128 Å². The van der Waals surface area contributed by atoms with Crippen LogP contribution in [0.4, 0.5) is 0 Å². The molecular weight excluding hydrogens is 262 g/mol. The summed E-state index contributed by atoms with van der Waals surface area (Å²) < 4.78 is 10.6. The molecule has 3 rings (SSSR count). The fourth-order valence-electron chi connectivity index (χ4n) is 3.41. The number of aryl methyl sites for hydroxylation is 1. The van der Waals surface area contributed by atoms with Gasteiger partial charge in [-0.2, -0.15) is 0 Å². The molecule has 0 aliphatic heterocycles. The Morgan fingerprint density at radius 2 is 2.10 bits per heavy atom. The Kier molecular flexibility index (Phi) is 4.51. The van der Waals surface area contributed by atoms with Gasteiger partial charge >= 0.3 is 0 Å². The van der Waals surface area contributed by atoms with E-state index in [-0.39, 0.29) is 0 Å². The summed E-state index contributed by atoms with van der Waals surface area (Å²) >= 11 is 0. The molecule has 2 aliphatic rings. The number of fused-ring (bicyclic) bond motifs is 1. The third kappa shape index (κ3) is 3.58. The normalized spacial score (nSPS) is 22.7. The maximum absolute atomic E-state index is 5.35. The van der Waals surface area contributed by atoms with Crippen molar-refractivity contribution in [2.75, 3.05) is 27.4 Å². The zero-order valence-corrected chi connectivity index (χ0v) is 13.3. The lowest BCUT2D eigenvalue weighted by Crippen LogP contribution is -2.38. The Morgan fingerprint density at radius 1 is 1.24 bits per heavy atom. The number of methoxy groups -OCH3 is 2. The van der Waals surface area contributed by atoms with Gasteiger partial charge in [-0.3, -0.25) is 0 Å². The fourth-order valence-corrected chi connectivity index (χ4v) is 3.41. The standard InChI is InChI=1S/C18H27NO2/c1-20-10-9-18(7-8-18)13-19-16-5-3-14-4-6-17(21-2)12-15(14)11-16/h4,6,12,16,19H,3,5,7-11,13H2,1-2H3. The smallest absolute Gasteiger partial charge is 0.119 e. The summed E-state index contributed by atoms with van der Waals surface area (Å²) in [5.74, 6) is 0.980. The summed E-state index contributed by atoms with van der Waals surface area (Å²) in [6, 6.07) is 7.13. The first-order valence-corrected chi connectivity index (χ1v) is 8.13. The molecule has 3 nitrogen and oxygen atoms in total. The molecule has 1 saturated carbocycles. The molecule has 1 unspecified atom stereocenters. The average Bonchev–Trinajstić information content (AvgIpc) is 3.30. The molecule has 116 valence electrons. The van der Waals surface area contributed by atoms with Gasteiger partial charge in [-0.1, -0.05) is 6.07 Å². The highest BCUT2D eigenvalue weighted by Crippen LogP contribution is 2.48. The van der Waals surface area contributed by atoms with Gasteiger partial charge in [-0.15, -0.1) is 0 Å². The Morgan fingerprint density at radius 3 is 2.81 bits per heavy atom. The van der Waals surface area contributed by atoms with Crippen molar-refractivity contribution in [2.45, 2.75) is 44.6 Å². The zero-order chi connectivity index (χ0) is 14.7. The molecular formula is C18H27NO2. The molecule has 21 heavy (non-hydrogen) atoms. The number of rotatable bonds is 7. The van der Waals surface area contributed by atoms with E-state index in [0.29, 0.717) is 11.5 Å². The number of hydrogen-bond donors (Lipinski definition) is 1. The highest BCUT2D eigenvalue weighted by Gasteiger charge is 2.42. The highest BCUT2D eigenvalue weighted by atomic mass is 16.5. The minimum atomic E-state index is 0.532. The third-order valence-corrected chi connectivity index (χ3v) is 5.20. The predicted molar refractivity (Wildman–Crippen MR) is 85.0 cm³/mol. The van der Waals surface area contributed by atoms with Crippen molar-refractivity contribution in [3.05, 3.63) is 29.3 Å². The third-order valence-electron chi connectivity index (χ3n) is 5.20. The van der Waals surface area contributed by atoms with Crippen LogP contribution in [-0.2, 0) is 17.6 Å². The molecule has 1 aromatic rings. The summed E-state index contributed by atoms with van der Waals surface area (Å²) in [5.41, 5.74) is 3.49. The molecule has 1 atom stereocenters. The Bertz CT molecular complexity index is 482. The lowest BCUT2D eigenvalue weighted by atomic mass is 9.87.